The Morgan fingerprint density at radius 1 is 0.700 bits per heavy atom. The van der Waals surface area contributed by atoms with Gasteiger partial charge in [-0.2, -0.15) is 0 Å². The lowest BCUT2D eigenvalue weighted by Gasteiger charge is -2.26. The van der Waals surface area contributed by atoms with E-state index in [1.165, 1.54) is 21.6 Å². The first kappa shape index (κ1) is 23.5. The lowest BCUT2D eigenvalue weighted by molar-refractivity contribution is -0.224. The molecule has 4 N–H and O–H groups in total. The molecule has 0 radical (unpaired) electrons. The number of hydrogen-bond acceptors (Lipinski definition) is 12. The molecule has 4 saturated heterocycles. The second-order valence-electron chi connectivity index (χ2n) is 8.82. The fourth-order valence-electron chi connectivity index (χ4n) is 4.09. The normalized spacial score (nSPS) is 46.0. The summed E-state index contributed by atoms with van der Waals surface area (Å²) in [6.07, 6.45) is -8.16. The van der Waals surface area contributed by atoms with Gasteiger partial charge in [0.25, 0.3) is 0 Å². The predicted molar refractivity (Wildman–Crippen MR) is 106 cm³/mol. The first-order valence-electron chi connectivity index (χ1n) is 9.96. The number of rotatable bonds is 7. The first-order valence-corrected chi connectivity index (χ1v) is 12.5. The van der Waals surface area contributed by atoms with E-state index < -0.39 is 73.0 Å². The molecule has 12 heteroatoms. The van der Waals surface area contributed by atoms with Gasteiger partial charge in [-0.25, -0.2) is 0 Å². The van der Waals surface area contributed by atoms with Crippen LogP contribution in [0.25, 0.3) is 0 Å². The van der Waals surface area contributed by atoms with Crippen molar-refractivity contribution in [3.8, 4) is 0 Å². The van der Waals surface area contributed by atoms with E-state index in [0.717, 1.165) is 0 Å². The summed E-state index contributed by atoms with van der Waals surface area (Å²) in [5.74, 6) is -1.13. The molecule has 0 bridgehead atoms. The summed E-state index contributed by atoms with van der Waals surface area (Å²) in [4.78, 5) is 0. The molecule has 4 aliphatic rings. The summed E-state index contributed by atoms with van der Waals surface area (Å²) >= 11 is 0. The smallest absolute Gasteiger partial charge is 0.190 e. The second-order valence-corrected chi connectivity index (χ2v) is 11.4. The van der Waals surface area contributed by atoms with Gasteiger partial charge in [0.2, 0.25) is 0 Å². The van der Waals surface area contributed by atoms with E-state index in [4.69, 9.17) is 28.4 Å². The van der Waals surface area contributed by atoms with E-state index in [2.05, 4.69) is 0 Å². The Kier molecular flexibility index (Phi) is 6.71. The van der Waals surface area contributed by atoms with Gasteiger partial charge in [0.1, 0.15) is 36.6 Å². The standard InChI is InChI=1S/C18H30O10S2/c1-17(2)25-13-9(21)11(23-15(13)27-17)7(19)5-29-30-6-8(20)12-10(22)14-16(24-12)28-18(3,4)26-14/h7-16,19-22H,5-6H2,1-4H3/t7-,8-,9+,10+,11-,12-,13-,14-,15-,16-/m1/s1. The zero-order valence-corrected chi connectivity index (χ0v) is 18.9. The highest BCUT2D eigenvalue weighted by Gasteiger charge is 2.57. The molecular formula is C18H30O10S2. The fourth-order valence-corrected chi connectivity index (χ4v) is 6.36. The van der Waals surface area contributed by atoms with E-state index in [0.29, 0.717) is 0 Å². The maximum Gasteiger partial charge on any atom is 0.190 e. The highest BCUT2D eigenvalue weighted by Crippen LogP contribution is 2.40. The van der Waals surface area contributed by atoms with Crippen LogP contribution in [0.2, 0.25) is 0 Å². The summed E-state index contributed by atoms with van der Waals surface area (Å²) < 4.78 is 33.6. The Morgan fingerprint density at radius 3 is 1.40 bits per heavy atom. The van der Waals surface area contributed by atoms with Gasteiger partial charge in [0.15, 0.2) is 24.2 Å². The number of fused-ring (bicyclic) bond motifs is 2. The largest absolute Gasteiger partial charge is 0.389 e. The molecule has 30 heavy (non-hydrogen) atoms. The van der Waals surface area contributed by atoms with Crippen molar-refractivity contribution in [3.63, 3.8) is 0 Å². The maximum absolute atomic E-state index is 10.4. The molecule has 174 valence electrons. The van der Waals surface area contributed by atoms with Gasteiger partial charge in [-0.3, -0.25) is 0 Å². The quantitative estimate of drug-likeness (QED) is 0.284. The molecule has 0 aliphatic carbocycles. The van der Waals surface area contributed by atoms with Crippen LogP contribution in [0.5, 0.6) is 0 Å². The Morgan fingerprint density at radius 2 is 1.07 bits per heavy atom. The summed E-state index contributed by atoms with van der Waals surface area (Å²) in [6.45, 7) is 6.95. The van der Waals surface area contributed by atoms with E-state index in [1.807, 2.05) is 0 Å². The SMILES string of the molecule is CC1(C)O[C@H]2O[C@H]([C@H](O)CSSC[C@@H](O)[C@H]3O[C@@H]4OC(C)(C)O[C@@H]4[C@H]3O)[C@H](O)[C@H]2O1. The monoisotopic (exact) mass is 470 g/mol. The average Bonchev–Trinajstić information content (AvgIpc) is 3.30. The van der Waals surface area contributed by atoms with Crippen LogP contribution in [0.1, 0.15) is 27.7 Å². The Labute approximate surface area is 182 Å². The highest BCUT2D eigenvalue weighted by molar-refractivity contribution is 8.76. The van der Waals surface area contributed by atoms with Crippen molar-refractivity contribution < 1.29 is 48.8 Å². The molecule has 10 nitrogen and oxygen atoms in total. The van der Waals surface area contributed by atoms with Gasteiger partial charge in [-0.1, -0.05) is 21.6 Å². The van der Waals surface area contributed by atoms with Crippen LogP contribution in [0.15, 0.2) is 0 Å². The van der Waals surface area contributed by atoms with Gasteiger partial charge in [0, 0.05) is 11.5 Å². The molecule has 4 heterocycles. The highest BCUT2D eigenvalue weighted by atomic mass is 33.1. The molecule has 0 spiro atoms. The molecule has 0 saturated carbocycles. The molecular weight excluding hydrogens is 440 g/mol. The van der Waals surface area contributed by atoms with Crippen LogP contribution in [0.4, 0.5) is 0 Å². The molecule has 0 aromatic rings. The van der Waals surface area contributed by atoms with Crippen LogP contribution >= 0.6 is 21.6 Å². The lowest BCUT2D eigenvalue weighted by Crippen LogP contribution is -2.42. The van der Waals surface area contributed by atoms with Gasteiger partial charge in [0.05, 0.1) is 12.2 Å². The fraction of sp³-hybridized carbons (Fsp3) is 1.00. The van der Waals surface area contributed by atoms with Crippen molar-refractivity contribution in [1.29, 1.82) is 0 Å². The summed E-state index contributed by atoms with van der Waals surface area (Å²) in [7, 11) is 2.64. The second kappa shape index (κ2) is 8.58. The summed E-state index contributed by atoms with van der Waals surface area (Å²) in [5, 5.41) is 41.5. The van der Waals surface area contributed by atoms with Crippen LogP contribution < -0.4 is 0 Å². The van der Waals surface area contributed by atoms with Gasteiger partial charge >= 0.3 is 0 Å². The van der Waals surface area contributed by atoms with Gasteiger partial charge < -0.3 is 48.8 Å². The number of ether oxygens (including phenoxy) is 6. The minimum absolute atomic E-state index is 0.266. The molecule has 4 fully saturated rings. The maximum atomic E-state index is 10.4. The zero-order chi connectivity index (χ0) is 21.8. The molecule has 0 aromatic heterocycles. The molecule has 4 rings (SSSR count). The predicted octanol–water partition coefficient (Wildman–Crippen LogP) is -0.436. The Hall–Kier alpha value is 0.300. The molecule has 10 atom stereocenters. The van der Waals surface area contributed by atoms with Gasteiger partial charge in [-0.15, -0.1) is 0 Å². The minimum atomic E-state index is -0.992. The number of aliphatic hydroxyl groups excluding tert-OH is 4. The summed E-state index contributed by atoms with van der Waals surface area (Å²) in [5.41, 5.74) is 0. The molecule has 0 aromatic carbocycles. The van der Waals surface area contributed by atoms with E-state index in [9.17, 15) is 20.4 Å². The topological polar surface area (TPSA) is 136 Å². The third-order valence-corrected chi connectivity index (χ3v) is 7.86. The van der Waals surface area contributed by atoms with E-state index >= 15 is 0 Å². The van der Waals surface area contributed by atoms with Crippen molar-refractivity contribution >= 4 is 21.6 Å². The van der Waals surface area contributed by atoms with Gasteiger partial charge in [-0.05, 0) is 27.7 Å². The van der Waals surface area contributed by atoms with Crippen molar-refractivity contribution in [1.82, 2.24) is 0 Å². The van der Waals surface area contributed by atoms with Crippen LogP contribution in [-0.4, -0.2) is 105 Å². The third-order valence-electron chi connectivity index (χ3n) is 5.42. The first-order chi connectivity index (χ1) is 14.0. The third kappa shape index (κ3) is 4.66. The van der Waals surface area contributed by atoms with Crippen molar-refractivity contribution in [3.05, 3.63) is 0 Å². The molecule has 0 amide bonds. The van der Waals surface area contributed by atoms with Crippen molar-refractivity contribution in [2.24, 2.45) is 0 Å². The number of aliphatic hydroxyl groups is 4. The summed E-state index contributed by atoms with van der Waals surface area (Å²) in [6, 6.07) is 0. The Balaban J connectivity index is 1.17. The molecule has 4 aliphatic heterocycles. The molecule has 0 unspecified atom stereocenters. The minimum Gasteiger partial charge on any atom is -0.389 e. The van der Waals surface area contributed by atoms with Crippen molar-refractivity contribution in [2.45, 2.75) is 101 Å². The van der Waals surface area contributed by atoms with E-state index in [-0.39, 0.29) is 11.5 Å². The lowest BCUT2D eigenvalue weighted by atomic mass is 10.1. The zero-order valence-electron chi connectivity index (χ0n) is 17.2. The Bertz CT molecular complexity index is 570. The van der Waals surface area contributed by atoms with Crippen molar-refractivity contribution in [2.75, 3.05) is 11.5 Å². The van der Waals surface area contributed by atoms with Crippen LogP contribution in [0.3, 0.4) is 0 Å². The average molecular weight is 471 g/mol. The van der Waals surface area contributed by atoms with E-state index in [1.54, 1.807) is 27.7 Å². The van der Waals surface area contributed by atoms with Crippen LogP contribution in [-0.2, 0) is 28.4 Å². The number of hydrogen-bond donors (Lipinski definition) is 4. The van der Waals surface area contributed by atoms with Crippen LogP contribution in [0, 0.1) is 0 Å².